The van der Waals surface area contributed by atoms with Gasteiger partial charge in [0.25, 0.3) is 5.92 Å². The average Bonchev–Trinajstić information content (AvgIpc) is 3.36. The highest BCUT2D eigenvalue weighted by molar-refractivity contribution is 5.53. The Morgan fingerprint density at radius 1 is 1.21 bits per heavy atom. The van der Waals surface area contributed by atoms with Crippen LogP contribution < -0.4 is 10.6 Å². The maximum absolute atomic E-state index is 14.7. The van der Waals surface area contributed by atoms with Crippen molar-refractivity contribution in [3.63, 3.8) is 0 Å². The number of aromatic nitrogens is 4. The average molecular weight is 389 g/mol. The smallest absolute Gasteiger partial charge is 0.258 e. The lowest BCUT2D eigenvalue weighted by molar-refractivity contribution is -0.208. The molecule has 2 saturated carbocycles. The highest BCUT2D eigenvalue weighted by Crippen LogP contribution is 2.53. The lowest BCUT2D eigenvalue weighted by Crippen LogP contribution is -2.66. The Kier molecular flexibility index (Phi) is 4.04. The van der Waals surface area contributed by atoms with E-state index in [1.165, 1.54) is 12.8 Å². The van der Waals surface area contributed by atoms with Crippen LogP contribution in [-0.4, -0.2) is 57.2 Å². The molecule has 1 saturated heterocycles. The minimum absolute atomic E-state index is 0.175. The molecule has 1 aliphatic heterocycles. The second-order valence-electron chi connectivity index (χ2n) is 8.61. The summed E-state index contributed by atoms with van der Waals surface area (Å²) in [6.45, 7) is 0.963. The third kappa shape index (κ3) is 3.21. The van der Waals surface area contributed by atoms with E-state index in [-0.39, 0.29) is 12.5 Å². The monoisotopic (exact) mass is 389 g/mol. The van der Waals surface area contributed by atoms with Crippen molar-refractivity contribution >= 4 is 17.6 Å². The first-order valence-electron chi connectivity index (χ1n) is 9.91. The molecule has 3 aliphatic rings. The largest absolute Gasteiger partial charge is 0.351 e. The highest BCUT2D eigenvalue weighted by atomic mass is 19.3. The Labute approximate surface area is 162 Å². The predicted molar refractivity (Wildman–Crippen MR) is 102 cm³/mol. The van der Waals surface area contributed by atoms with Crippen LogP contribution in [-0.2, 0) is 0 Å². The molecule has 3 heterocycles. The summed E-state index contributed by atoms with van der Waals surface area (Å²) >= 11 is 0. The molecule has 5 rings (SSSR count). The number of halogens is 2. The molecule has 0 amide bonds. The fourth-order valence-electron chi connectivity index (χ4n) is 4.58. The minimum Gasteiger partial charge on any atom is -0.351 e. The SMILES string of the molecule is CN1CC2(CCC(Nc3nccc(Nc4cc(C5CC5)[nH]n4)n3)CC2(F)F)C1. The second kappa shape index (κ2) is 6.37. The molecular weight excluding hydrogens is 364 g/mol. The van der Waals surface area contributed by atoms with Crippen molar-refractivity contribution in [3.05, 3.63) is 24.0 Å². The van der Waals surface area contributed by atoms with Crippen molar-refractivity contribution in [2.75, 3.05) is 30.8 Å². The Morgan fingerprint density at radius 2 is 2.04 bits per heavy atom. The fraction of sp³-hybridized carbons (Fsp3) is 0.632. The molecule has 7 nitrogen and oxygen atoms in total. The highest BCUT2D eigenvalue weighted by Gasteiger charge is 2.61. The van der Waals surface area contributed by atoms with Crippen LogP contribution in [0.5, 0.6) is 0 Å². The van der Waals surface area contributed by atoms with Crippen LogP contribution in [0.2, 0.25) is 0 Å². The van der Waals surface area contributed by atoms with Crippen molar-refractivity contribution in [1.82, 2.24) is 25.1 Å². The van der Waals surface area contributed by atoms with Crippen LogP contribution in [0.4, 0.5) is 26.4 Å². The van der Waals surface area contributed by atoms with Gasteiger partial charge in [0, 0.05) is 49.4 Å². The van der Waals surface area contributed by atoms with Gasteiger partial charge in [-0.15, -0.1) is 0 Å². The number of anilines is 3. The zero-order valence-electron chi connectivity index (χ0n) is 15.9. The Balaban J connectivity index is 1.23. The topological polar surface area (TPSA) is 81.8 Å². The molecule has 2 aromatic heterocycles. The molecule has 1 atom stereocenters. The summed E-state index contributed by atoms with van der Waals surface area (Å²) in [5, 5.41) is 13.6. The number of hydrogen-bond acceptors (Lipinski definition) is 6. The molecule has 2 aliphatic carbocycles. The van der Waals surface area contributed by atoms with Gasteiger partial charge in [0.05, 0.1) is 5.41 Å². The van der Waals surface area contributed by atoms with E-state index in [1.54, 1.807) is 12.3 Å². The molecule has 0 radical (unpaired) electrons. The lowest BCUT2D eigenvalue weighted by atomic mass is 9.65. The fourth-order valence-corrected chi connectivity index (χ4v) is 4.58. The number of likely N-dealkylation sites (tertiary alicyclic amines) is 1. The standard InChI is InChI=1S/C19H25F2N7/c1-28-10-18(11-28)6-4-13(9-19(18,20)21)23-17-22-7-5-15(25-17)24-16-8-14(26-27-16)12-2-3-12/h5,7-8,12-13H,2-4,6,9-11H2,1H3,(H3,22,23,24,25,26,27). The Hall–Kier alpha value is -2.29. The number of alkyl halides is 2. The molecule has 9 heteroatoms. The Morgan fingerprint density at radius 3 is 2.75 bits per heavy atom. The third-order valence-electron chi connectivity index (χ3n) is 6.25. The number of H-pyrrole nitrogens is 1. The number of nitrogens with zero attached hydrogens (tertiary/aromatic N) is 4. The van der Waals surface area contributed by atoms with Gasteiger partial charge in [-0.1, -0.05) is 0 Å². The van der Waals surface area contributed by atoms with E-state index in [4.69, 9.17) is 0 Å². The summed E-state index contributed by atoms with van der Waals surface area (Å²) in [6.07, 6.45) is 5.08. The van der Waals surface area contributed by atoms with Crippen LogP contribution in [0.1, 0.15) is 43.7 Å². The van der Waals surface area contributed by atoms with Gasteiger partial charge in [-0.05, 0) is 38.8 Å². The molecule has 150 valence electrons. The number of rotatable bonds is 5. The maximum Gasteiger partial charge on any atom is 0.258 e. The normalized spacial score (nSPS) is 26.0. The van der Waals surface area contributed by atoms with Gasteiger partial charge in [-0.3, -0.25) is 5.10 Å². The number of nitrogens with one attached hydrogen (secondary N) is 3. The van der Waals surface area contributed by atoms with E-state index < -0.39 is 11.3 Å². The zero-order valence-corrected chi connectivity index (χ0v) is 15.9. The number of aromatic amines is 1. The van der Waals surface area contributed by atoms with Crippen molar-refractivity contribution < 1.29 is 8.78 Å². The number of hydrogen-bond donors (Lipinski definition) is 3. The van der Waals surface area contributed by atoms with Crippen molar-refractivity contribution in [1.29, 1.82) is 0 Å². The van der Waals surface area contributed by atoms with Crippen LogP contribution >= 0.6 is 0 Å². The molecule has 0 bridgehead atoms. The first-order valence-corrected chi connectivity index (χ1v) is 9.91. The van der Waals surface area contributed by atoms with Gasteiger partial charge in [-0.2, -0.15) is 10.1 Å². The minimum atomic E-state index is -2.67. The van der Waals surface area contributed by atoms with Gasteiger partial charge in [0.2, 0.25) is 5.95 Å². The van der Waals surface area contributed by atoms with E-state index in [9.17, 15) is 8.78 Å². The van der Waals surface area contributed by atoms with Gasteiger partial charge in [0.15, 0.2) is 5.82 Å². The first-order chi connectivity index (χ1) is 13.4. The summed E-state index contributed by atoms with van der Waals surface area (Å²) < 4.78 is 29.5. The summed E-state index contributed by atoms with van der Waals surface area (Å²) in [4.78, 5) is 10.6. The van der Waals surface area contributed by atoms with Crippen LogP contribution in [0.15, 0.2) is 18.3 Å². The third-order valence-corrected chi connectivity index (χ3v) is 6.25. The van der Waals surface area contributed by atoms with Crippen molar-refractivity contribution in [2.45, 2.75) is 50.0 Å². The first kappa shape index (κ1) is 17.8. The van der Waals surface area contributed by atoms with Gasteiger partial charge in [-0.25, -0.2) is 13.8 Å². The summed E-state index contributed by atoms with van der Waals surface area (Å²) in [6, 6.07) is 3.41. The molecule has 28 heavy (non-hydrogen) atoms. The second-order valence-corrected chi connectivity index (χ2v) is 8.61. The van der Waals surface area contributed by atoms with Crippen LogP contribution in [0.3, 0.4) is 0 Å². The van der Waals surface area contributed by atoms with Gasteiger partial charge in [0.1, 0.15) is 5.82 Å². The molecule has 1 unspecified atom stereocenters. The summed E-state index contributed by atoms with van der Waals surface area (Å²) in [5.74, 6) is -0.417. The predicted octanol–water partition coefficient (Wildman–Crippen LogP) is 3.35. The maximum atomic E-state index is 14.7. The van der Waals surface area contributed by atoms with E-state index in [0.29, 0.717) is 49.4 Å². The van der Waals surface area contributed by atoms with Gasteiger partial charge >= 0.3 is 0 Å². The van der Waals surface area contributed by atoms with Crippen LogP contribution in [0, 0.1) is 5.41 Å². The van der Waals surface area contributed by atoms with Gasteiger partial charge < -0.3 is 15.5 Å². The lowest BCUT2D eigenvalue weighted by Gasteiger charge is -2.56. The quantitative estimate of drug-likeness (QED) is 0.728. The molecule has 1 spiro atoms. The van der Waals surface area contributed by atoms with Crippen molar-refractivity contribution in [3.8, 4) is 0 Å². The Bertz CT molecular complexity index is 857. The van der Waals surface area contributed by atoms with Crippen LogP contribution in [0.25, 0.3) is 0 Å². The van der Waals surface area contributed by atoms with E-state index in [0.717, 1.165) is 5.69 Å². The summed E-state index contributed by atoms with van der Waals surface area (Å²) in [7, 11) is 1.89. The van der Waals surface area contributed by atoms with E-state index >= 15 is 0 Å². The molecule has 3 fully saturated rings. The van der Waals surface area contributed by atoms with E-state index in [1.807, 2.05) is 18.0 Å². The molecular formula is C19H25F2N7. The molecule has 3 N–H and O–H groups in total. The van der Waals surface area contributed by atoms with Crippen molar-refractivity contribution in [2.24, 2.45) is 5.41 Å². The van der Waals surface area contributed by atoms with E-state index in [2.05, 4.69) is 30.8 Å². The summed E-state index contributed by atoms with van der Waals surface area (Å²) in [5.41, 5.74) is 0.290. The molecule has 2 aromatic rings. The zero-order chi connectivity index (χ0) is 19.4. The molecule has 0 aromatic carbocycles.